The van der Waals surface area contributed by atoms with Gasteiger partial charge in [-0.3, -0.25) is 4.79 Å². The fraction of sp³-hybridized carbons (Fsp3) is 0.0833. The molecule has 0 unspecified atom stereocenters. The molecule has 0 fully saturated rings. The number of hydrogen-bond acceptors (Lipinski definition) is 4. The van der Waals surface area contributed by atoms with Gasteiger partial charge in [0.15, 0.2) is 0 Å². The van der Waals surface area contributed by atoms with Gasteiger partial charge in [-0.1, -0.05) is 11.6 Å². The second-order valence-corrected chi connectivity index (χ2v) is 4.10. The number of aromatic nitrogens is 2. The molecule has 0 atom stereocenters. The first-order valence-corrected chi connectivity index (χ1v) is 5.59. The number of rotatable bonds is 3. The number of ether oxygens (including phenoxy) is 1. The number of hydrogen-bond donors (Lipinski definition) is 1. The maximum atomic E-state index is 11.7. The van der Waals surface area contributed by atoms with Crippen LogP contribution in [0.15, 0.2) is 35.4 Å². The highest BCUT2D eigenvalue weighted by atomic mass is 35.5. The average Bonchev–Trinajstić information content (AvgIpc) is 2.37. The molecule has 2 rings (SSSR count). The molecule has 1 N–H and O–H groups in total. The third-order valence-corrected chi connectivity index (χ3v) is 2.70. The van der Waals surface area contributed by atoms with E-state index in [1.54, 1.807) is 7.05 Å². The Kier molecular flexibility index (Phi) is 3.52. The lowest BCUT2D eigenvalue weighted by Crippen LogP contribution is -2.18. The van der Waals surface area contributed by atoms with Gasteiger partial charge in [0.1, 0.15) is 5.75 Å². The minimum atomic E-state index is -1.18. The normalized spacial score (nSPS) is 10.2. The van der Waals surface area contributed by atoms with Crippen LogP contribution in [0.1, 0.15) is 10.4 Å². The third-order valence-electron chi connectivity index (χ3n) is 2.37. The van der Waals surface area contributed by atoms with E-state index in [1.165, 1.54) is 35.2 Å². The molecule has 0 aliphatic carbocycles. The van der Waals surface area contributed by atoms with E-state index in [2.05, 4.69) is 4.98 Å². The minimum Gasteiger partial charge on any atom is -0.478 e. The molecule has 0 aliphatic heterocycles. The molecular formula is C12H9ClN2O4. The van der Waals surface area contributed by atoms with E-state index in [0.717, 1.165) is 0 Å². The topological polar surface area (TPSA) is 81.4 Å². The summed E-state index contributed by atoms with van der Waals surface area (Å²) in [6.45, 7) is 0. The monoisotopic (exact) mass is 280 g/mol. The smallest absolute Gasteiger partial charge is 0.337 e. The molecule has 19 heavy (non-hydrogen) atoms. The fourth-order valence-corrected chi connectivity index (χ4v) is 1.59. The van der Waals surface area contributed by atoms with Crippen molar-refractivity contribution in [3.05, 3.63) is 51.5 Å². The molecule has 1 heterocycles. The van der Waals surface area contributed by atoms with E-state index < -0.39 is 11.5 Å². The number of benzene rings is 1. The molecule has 0 spiro atoms. The zero-order chi connectivity index (χ0) is 14.0. The highest BCUT2D eigenvalue weighted by Crippen LogP contribution is 2.24. The first-order valence-electron chi connectivity index (χ1n) is 5.21. The van der Waals surface area contributed by atoms with Gasteiger partial charge in [-0.25, -0.2) is 9.78 Å². The summed E-state index contributed by atoms with van der Waals surface area (Å²) in [5, 5.41) is 9.02. The second-order valence-electron chi connectivity index (χ2n) is 3.70. The highest BCUT2D eigenvalue weighted by molar-refractivity contribution is 6.33. The molecule has 0 radical (unpaired) electrons. The Morgan fingerprint density at radius 3 is 2.89 bits per heavy atom. The van der Waals surface area contributed by atoms with Gasteiger partial charge in [0.2, 0.25) is 0 Å². The molecule has 0 aliphatic rings. The summed E-state index contributed by atoms with van der Waals surface area (Å²) in [6.07, 6.45) is 2.89. The molecule has 0 amide bonds. The van der Waals surface area contributed by atoms with E-state index in [-0.39, 0.29) is 22.2 Å². The predicted molar refractivity (Wildman–Crippen MR) is 68.0 cm³/mol. The lowest BCUT2D eigenvalue weighted by atomic mass is 10.2. The van der Waals surface area contributed by atoms with Gasteiger partial charge in [0, 0.05) is 19.4 Å². The number of nitrogens with zero attached hydrogens (tertiary/aromatic N) is 2. The van der Waals surface area contributed by atoms with Gasteiger partial charge in [-0.2, -0.15) is 0 Å². The zero-order valence-electron chi connectivity index (χ0n) is 9.83. The second kappa shape index (κ2) is 5.11. The van der Waals surface area contributed by atoms with E-state index in [1.807, 2.05) is 0 Å². The van der Waals surface area contributed by atoms with E-state index in [4.69, 9.17) is 21.4 Å². The Balaban J connectivity index is 2.39. The quantitative estimate of drug-likeness (QED) is 0.929. The maximum absolute atomic E-state index is 11.7. The van der Waals surface area contributed by atoms with Crippen molar-refractivity contribution in [2.24, 2.45) is 7.05 Å². The number of carbonyl (C=O) groups is 1. The molecule has 1 aromatic heterocycles. The van der Waals surface area contributed by atoms with Crippen molar-refractivity contribution >= 4 is 17.6 Å². The number of carboxylic acids is 1. The Bertz CT molecular complexity index is 696. The first kappa shape index (κ1) is 13.1. The molecule has 0 bridgehead atoms. The zero-order valence-corrected chi connectivity index (χ0v) is 10.6. The summed E-state index contributed by atoms with van der Waals surface area (Å²) in [7, 11) is 1.56. The van der Waals surface area contributed by atoms with Crippen LogP contribution in [0.4, 0.5) is 0 Å². The molecule has 98 valence electrons. The van der Waals surface area contributed by atoms with Crippen LogP contribution in [0.5, 0.6) is 11.6 Å². The Hall–Kier alpha value is -2.34. The summed E-state index contributed by atoms with van der Waals surface area (Å²) in [6, 6.07) is 4.08. The summed E-state index contributed by atoms with van der Waals surface area (Å²) in [4.78, 5) is 26.4. The standard InChI is InChI=1S/C12H9ClN2O4/c1-15-5-4-14-10(11(15)16)19-7-2-3-9(13)8(6-7)12(17)18/h2-6H,1H3,(H,17,18). The molecular weight excluding hydrogens is 272 g/mol. The average molecular weight is 281 g/mol. The van der Waals surface area contributed by atoms with Crippen molar-refractivity contribution in [3.63, 3.8) is 0 Å². The van der Waals surface area contributed by atoms with Crippen LogP contribution in [0, 0.1) is 0 Å². The number of carboxylic acid groups (broad SMARTS) is 1. The Labute approximate surface area is 112 Å². The molecule has 1 aromatic carbocycles. The van der Waals surface area contributed by atoms with Crippen LogP contribution in [0.25, 0.3) is 0 Å². The third kappa shape index (κ3) is 2.74. The van der Waals surface area contributed by atoms with Crippen LogP contribution in [0.2, 0.25) is 5.02 Å². The molecule has 7 heteroatoms. The van der Waals surface area contributed by atoms with E-state index in [0.29, 0.717) is 0 Å². The largest absolute Gasteiger partial charge is 0.478 e. The highest BCUT2D eigenvalue weighted by Gasteiger charge is 2.12. The summed E-state index contributed by atoms with van der Waals surface area (Å²) < 4.78 is 6.57. The van der Waals surface area contributed by atoms with Crippen molar-refractivity contribution < 1.29 is 14.6 Å². The van der Waals surface area contributed by atoms with Crippen LogP contribution in [-0.4, -0.2) is 20.6 Å². The SMILES string of the molecule is Cn1ccnc(Oc2ccc(Cl)c(C(=O)O)c2)c1=O. The van der Waals surface area contributed by atoms with Crippen LogP contribution < -0.4 is 10.3 Å². The molecule has 0 saturated carbocycles. The van der Waals surface area contributed by atoms with Gasteiger partial charge >= 0.3 is 11.5 Å². The molecule has 6 nitrogen and oxygen atoms in total. The molecule has 2 aromatic rings. The van der Waals surface area contributed by atoms with Gasteiger partial charge in [-0.15, -0.1) is 0 Å². The maximum Gasteiger partial charge on any atom is 0.337 e. The molecule has 0 saturated heterocycles. The van der Waals surface area contributed by atoms with Crippen LogP contribution >= 0.6 is 11.6 Å². The summed E-state index contributed by atoms with van der Waals surface area (Å²) in [5.41, 5.74) is -0.527. The van der Waals surface area contributed by atoms with Crippen LogP contribution in [0.3, 0.4) is 0 Å². The number of aryl methyl sites for hydroxylation is 1. The van der Waals surface area contributed by atoms with Gasteiger partial charge < -0.3 is 14.4 Å². The van der Waals surface area contributed by atoms with Crippen molar-refractivity contribution in [1.29, 1.82) is 0 Å². The van der Waals surface area contributed by atoms with Gasteiger partial charge in [0.05, 0.1) is 10.6 Å². The summed E-state index contributed by atoms with van der Waals surface area (Å²) >= 11 is 5.73. The van der Waals surface area contributed by atoms with Crippen molar-refractivity contribution in [2.75, 3.05) is 0 Å². The summed E-state index contributed by atoms with van der Waals surface area (Å²) in [5.74, 6) is -1.13. The Morgan fingerprint density at radius 2 is 2.21 bits per heavy atom. The minimum absolute atomic E-state index is 0.0915. The van der Waals surface area contributed by atoms with Crippen molar-refractivity contribution in [2.45, 2.75) is 0 Å². The Morgan fingerprint density at radius 1 is 1.47 bits per heavy atom. The van der Waals surface area contributed by atoms with E-state index in [9.17, 15) is 9.59 Å². The lowest BCUT2D eigenvalue weighted by Gasteiger charge is -2.06. The van der Waals surface area contributed by atoms with Gasteiger partial charge in [0.25, 0.3) is 5.88 Å². The van der Waals surface area contributed by atoms with E-state index >= 15 is 0 Å². The van der Waals surface area contributed by atoms with Crippen LogP contribution in [-0.2, 0) is 7.05 Å². The lowest BCUT2D eigenvalue weighted by molar-refractivity contribution is 0.0696. The predicted octanol–water partition coefficient (Wildman–Crippen LogP) is 1.92. The van der Waals surface area contributed by atoms with Crippen molar-refractivity contribution in [1.82, 2.24) is 9.55 Å². The fourth-order valence-electron chi connectivity index (χ4n) is 1.39. The van der Waals surface area contributed by atoms with Crippen molar-refractivity contribution in [3.8, 4) is 11.6 Å². The first-order chi connectivity index (χ1) is 8.99. The van der Waals surface area contributed by atoms with Gasteiger partial charge in [-0.05, 0) is 18.2 Å². The number of halogens is 1. The number of aromatic carboxylic acids is 1.